The molecule has 0 aromatic carbocycles. The Balaban J connectivity index is 2.53. The highest BCUT2D eigenvalue weighted by Crippen LogP contribution is 2.20. The van der Waals surface area contributed by atoms with Crippen LogP contribution in [-0.4, -0.2) is 27.2 Å². The molecule has 0 fully saturated rings. The highest BCUT2D eigenvalue weighted by molar-refractivity contribution is 6.16. The number of hydrogen-bond donors (Lipinski definition) is 0. The zero-order valence-electron chi connectivity index (χ0n) is 11.2. The fourth-order valence-corrected chi connectivity index (χ4v) is 2.08. The topological polar surface area (TPSA) is 39.9 Å². The lowest BCUT2D eigenvalue weighted by molar-refractivity contribution is 0.00843. The van der Waals surface area contributed by atoms with E-state index in [9.17, 15) is 0 Å². The second-order valence-corrected chi connectivity index (χ2v) is 5.33. The first kappa shape index (κ1) is 13.3. The first-order chi connectivity index (χ1) is 8.46. The van der Waals surface area contributed by atoms with Crippen molar-refractivity contribution in [1.29, 1.82) is 0 Å². The Morgan fingerprint density at radius 3 is 2.78 bits per heavy atom. The van der Waals surface area contributed by atoms with E-state index >= 15 is 0 Å². The van der Waals surface area contributed by atoms with Crippen molar-refractivity contribution in [3.05, 3.63) is 23.7 Å². The van der Waals surface area contributed by atoms with Gasteiger partial charge in [-0.25, -0.2) is 9.97 Å². The van der Waals surface area contributed by atoms with Gasteiger partial charge in [-0.15, -0.1) is 11.6 Å². The molecule has 0 saturated carbocycles. The number of aromatic nitrogens is 3. The van der Waals surface area contributed by atoms with E-state index in [-0.39, 0.29) is 5.60 Å². The number of aryl methyl sites for hydroxylation is 1. The molecule has 18 heavy (non-hydrogen) atoms. The molecule has 4 nitrogen and oxygen atoms in total. The summed E-state index contributed by atoms with van der Waals surface area (Å²) in [6.07, 6.45) is 1.85. The van der Waals surface area contributed by atoms with E-state index in [1.807, 2.05) is 37.6 Å². The van der Waals surface area contributed by atoms with Crippen molar-refractivity contribution in [2.75, 3.05) is 7.11 Å². The SMILES string of the molecule is COC(C)(C)Cn1c(CCl)nc2cc(C)cnc21. The average molecular weight is 268 g/mol. The van der Waals surface area contributed by atoms with Crippen molar-refractivity contribution in [2.24, 2.45) is 0 Å². The Labute approximate surface area is 112 Å². The Bertz CT molecular complexity index is 563. The van der Waals surface area contributed by atoms with Crippen LogP contribution in [-0.2, 0) is 17.2 Å². The van der Waals surface area contributed by atoms with Crippen LogP contribution in [0.2, 0.25) is 0 Å². The molecule has 0 bridgehead atoms. The third-order valence-corrected chi connectivity index (χ3v) is 3.25. The molecule has 0 amide bonds. The fourth-order valence-electron chi connectivity index (χ4n) is 1.87. The van der Waals surface area contributed by atoms with Gasteiger partial charge < -0.3 is 9.30 Å². The van der Waals surface area contributed by atoms with Gasteiger partial charge >= 0.3 is 0 Å². The van der Waals surface area contributed by atoms with Gasteiger partial charge in [-0.2, -0.15) is 0 Å². The monoisotopic (exact) mass is 267 g/mol. The molecular formula is C13H18ClN3O. The Morgan fingerprint density at radius 2 is 2.17 bits per heavy atom. The summed E-state index contributed by atoms with van der Waals surface area (Å²) in [7, 11) is 1.71. The highest BCUT2D eigenvalue weighted by Gasteiger charge is 2.21. The lowest BCUT2D eigenvalue weighted by Gasteiger charge is -2.24. The minimum Gasteiger partial charge on any atom is -0.377 e. The summed E-state index contributed by atoms with van der Waals surface area (Å²) >= 11 is 5.96. The van der Waals surface area contributed by atoms with Crippen LogP contribution in [0.15, 0.2) is 12.3 Å². The fraction of sp³-hybridized carbons (Fsp3) is 0.538. The first-order valence-electron chi connectivity index (χ1n) is 5.90. The molecule has 2 rings (SSSR count). The molecule has 0 radical (unpaired) electrons. The molecule has 98 valence electrons. The second-order valence-electron chi connectivity index (χ2n) is 5.07. The third kappa shape index (κ3) is 2.49. The number of alkyl halides is 1. The van der Waals surface area contributed by atoms with Crippen molar-refractivity contribution >= 4 is 22.8 Å². The third-order valence-electron chi connectivity index (χ3n) is 3.01. The van der Waals surface area contributed by atoms with Gasteiger partial charge in [0.25, 0.3) is 0 Å². The van der Waals surface area contributed by atoms with Crippen molar-refractivity contribution in [1.82, 2.24) is 14.5 Å². The van der Waals surface area contributed by atoms with E-state index < -0.39 is 0 Å². The maximum absolute atomic E-state index is 5.96. The number of hydrogen-bond acceptors (Lipinski definition) is 3. The van der Waals surface area contributed by atoms with Crippen molar-refractivity contribution < 1.29 is 4.74 Å². The molecule has 0 aliphatic rings. The maximum atomic E-state index is 5.96. The van der Waals surface area contributed by atoms with Gasteiger partial charge in [0.2, 0.25) is 0 Å². The number of rotatable bonds is 4. The minimum absolute atomic E-state index is 0.277. The molecule has 2 heterocycles. The van der Waals surface area contributed by atoms with Crippen LogP contribution in [0.3, 0.4) is 0 Å². The smallest absolute Gasteiger partial charge is 0.160 e. The number of halogens is 1. The predicted molar refractivity (Wildman–Crippen MR) is 72.9 cm³/mol. The van der Waals surface area contributed by atoms with Crippen molar-refractivity contribution in [3.63, 3.8) is 0 Å². The summed E-state index contributed by atoms with van der Waals surface area (Å²) < 4.78 is 7.50. The molecule has 2 aromatic heterocycles. The number of ether oxygens (including phenoxy) is 1. The number of pyridine rings is 1. The number of methoxy groups -OCH3 is 1. The van der Waals surface area contributed by atoms with Gasteiger partial charge in [-0.3, -0.25) is 0 Å². The van der Waals surface area contributed by atoms with Crippen LogP contribution < -0.4 is 0 Å². The van der Waals surface area contributed by atoms with Crippen LogP contribution in [0, 0.1) is 6.92 Å². The summed E-state index contributed by atoms with van der Waals surface area (Å²) in [5.41, 5.74) is 2.57. The lowest BCUT2D eigenvalue weighted by Crippen LogP contribution is -2.29. The molecule has 0 aliphatic carbocycles. The van der Waals surface area contributed by atoms with E-state index in [1.54, 1.807) is 7.11 Å². The summed E-state index contributed by atoms with van der Waals surface area (Å²) in [5.74, 6) is 1.20. The molecule has 0 spiro atoms. The Kier molecular flexibility index (Phi) is 3.59. The van der Waals surface area contributed by atoms with Crippen LogP contribution in [0.1, 0.15) is 25.2 Å². The largest absolute Gasteiger partial charge is 0.377 e. The zero-order chi connectivity index (χ0) is 13.3. The predicted octanol–water partition coefficient (Wildman–Crippen LogP) is 2.90. The van der Waals surface area contributed by atoms with Crippen LogP contribution in [0.25, 0.3) is 11.2 Å². The van der Waals surface area contributed by atoms with Gasteiger partial charge in [0.1, 0.15) is 11.3 Å². The molecule has 0 N–H and O–H groups in total. The van der Waals surface area contributed by atoms with Crippen LogP contribution in [0.4, 0.5) is 0 Å². The summed E-state index contributed by atoms with van der Waals surface area (Å²) in [6, 6.07) is 2.02. The molecule has 0 unspecified atom stereocenters. The highest BCUT2D eigenvalue weighted by atomic mass is 35.5. The van der Waals surface area contributed by atoms with Crippen LogP contribution >= 0.6 is 11.6 Å². The zero-order valence-corrected chi connectivity index (χ0v) is 12.0. The Hall–Kier alpha value is -1.13. The molecule has 2 aromatic rings. The van der Waals surface area contributed by atoms with Gasteiger partial charge in [0.15, 0.2) is 5.65 Å². The number of nitrogens with zero attached hydrogens (tertiary/aromatic N) is 3. The Morgan fingerprint density at radius 1 is 1.44 bits per heavy atom. The van der Waals surface area contributed by atoms with E-state index in [2.05, 4.69) is 9.97 Å². The van der Waals surface area contributed by atoms with Gasteiger partial charge in [-0.1, -0.05) is 0 Å². The van der Waals surface area contributed by atoms with E-state index in [0.717, 1.165) is 22.6 Å². The normalized spacial score (nSPS) is 12.3. The number of fused-ring (bicyclic) bond motifs is 1. The number of imidazole rings is 1. The summed E-state index contributed by atoms with van der Waals surface area (Å²) in [4.78, 5) is 8.98. The molecule has 5 heteroatoms. The maximum Gasteiger partial charge on any atom is 0.160 e. The lowest BCUT2D eigenvalue weighted by atomic mass is 10.1. The van der Waals surface area contributed by atoms with E-state index in [1.165, 1.54) is 0 Å². The standard InChI is InChI=1S/C13H18ClN3O/c1-9-5-10-12(15-7-9)17(11(6-14)16-10)8-13(2,3)18-4/h5,7H,6,8H2,1-4H3. The van der Waals surface area contributed by atoms with E-state index in [0.29, 0.717) is 12.4 Å². The minimum atomic E-state index is -0.277. The molecule has 0 aliphatic heterocycles. The summed E-state index contributed by atoms with van der Waals surface area (Å²) in [6.45, 7) is 6.75. The average Bonchev–Trinajstić information content (AvgIpc) is 2.66. The quantitative estimate of drug-likeness (QED) is 0.800. The summed E-state index contributed by atoms with van der Waals surface area (Å²) in [5, 5.41) is 0. The van der Waals surface area contributed by atoms with Gasteiger partial charge in [-0.05, 0) is 32.4 Å². The van der Waals surface area contributed by atoms with Gasteiger partial charge in [0, 0.05) is 13.3 Å². The van der Waals surface area contributed by atoms with Gasteiger partial charge in [0.05, 0.1) is 18.0 Å². The van der Waals surface area contributed by atoms with Crippen molar-refractivity contribution in [3.8, 4) is 0 Å². The first-order valence-corrected chi connectivity index (χ1v) is 6.43. The van der Waals surface area contributed by atoms with Crippen LogP contribution in [0.5, 0.6) is 0 Å². The second kappa shape index (κ2) is 4.86. The molecule has 0 atom stereocenters. The van der Waals surface area contributed by atoms with Crippen molar-refractivity contribution in [2.45, 2.75) is 38.8 Å². The molecule has 0 saturated heterocycles. The molecular weight excluding hydrogens is 250 g/mol. The van der Waals surface area contributed by atoms with E-state index in [4.69, 9.17) is 16.3 Å².